The summed E-state index contributed by atoms with van der Waals surface area (Å²) in [6.07, 6.45) is 2.18. The van der Waals surface area contributed by atoms with Crippen molar-refractivity contribution < 1.29 is 4.92 Å². The van der Waals surface area contributed by atoms with E-state index < -0.39 is 4.92 Å². The van der Waals surface area contributed by atoms with Crippen LogP contribution in [0.5, 0.6) is 0 Å². The van der Waals surface area contributed by atoms with Crippen LogP contribution in [0.4, 0.5) is 17.5 Å². The minimum absolute atomic E-state index is 0.0509. The summed E-state index contributed by atoms with van der Waals surface area (Å²) < 4.78 is 0. The Balaban J connectivity index is 1.86. The smallest absolute Gasteiger partial charge is 0.332 e. The van der Waals surface area contributed by atoms with E-state index in [9.17, 15) is 10.1 Å². The normalized spacial score (nSPS) is 15.2. The van der Waals surface area contributed by atoms with E-state index in [-0.39, 0.29) is 11.5 Å². The van der Waals surface area contributed by atoms with Crippen LogP contribution in [-0.4, -0.2) is 28.0 Å². The van der Waals surface area contributed by atoms with Gasteiger partial charge in [0.2, 0.25) is 11.8 Å². The monoisotopic (exact) mass is 341 g/mol. The van der Waals surface area contributed by atoms with Crippen LogP contribution in [0.1, 0.15) is 31.0 Å². The molecule has 0 atom stereocenters. The number of benzene rings is 1. The topological polar surface area (TPSA) is 84.2 Å². The summed E-state index contributed by atoms with van der Waals surface area (Å²) >= 11 is 0. The zero-order valence-electron chi connectivity index (χ0n) is 14.6. The second kappa shape index (κ2) is 7.46. The largest absolute Gasteiger partial charge is 0.360 e. The number of anilines is 2. The molecular formula is C18H23N5O2. The molecule has 0 aliphatic carbocycles. The molecule has 7 nitrogen and oxygen atoms in total. The average molecular weight is 341 g/mol. The Morgan fingerprint density at radius 3 is 2.56 bits per heavy atom. The van der Waals surface area contributed by atoms with Gasteiger partial charge in [0.15, 0.2) is 0 Å². The van der Waals surface area contributed by atoms with Gasteiger partial charge in [-0.05, 0) is 31.2 Å². The Hall–Kier alpha value is -2.70. The van der Waals surface area contributed by atoms with E-state index in [1.165, 1.54) is 0 Å². The molecule has 1 saturated heterocycles. The molecule has 1 N–H and O–H groups in total. The number of piperidine rings is 1. The summed E-state index contributed by atoms with van der Waals surface area (Å²) in [5.41, 5.74) is 1.38. The number of hydrogen-bond acceptors (Lipinski definition) is 6. The third-order valence-electron chi connectivity index (χ3n) is 4.60. The highest BCUT2D eigenvalue weighted by atomic mass is 16.6. The van der Waals surface area contributed by atoms with Gasteiger partial charge in [-0.15, -0.1) is 0 Å². The molecule has 0 bridgehead atoms. The summed E-state index contributed by atoms with van der Waals surface area (Å²) in [6.45, 7) is 6.16. The van der Waals surface area contributed by atoms with Gasteiger partial charge in [0.1, 0.15) is 5.69 Å². The van der Waals surface area contributed by atoms with Gasteiger partial charge in [0, 0.05) is 19.6 Å². The molecule has 0 spiro atoms. The summed E-state index contributed by atoms with van der Waals surface area (Å²) in [7, 11) is 0. The predicted molar refractivity (Wildman–Crippen MR) is 97.8 cm³/mol. The Morgan fingerprint density at radius 2 is 1.92 bits per heavy atom. The standard InChI is InChI=1S/C18H23N5O2/c1-13-8-10-22(11-9-13)18-20-14(2)16(23(24)25)17(21-18)19-12-15-6-4-3-5-7-15/h3-7,13H,8-12H2,1-2H3,(H,19,20,21). The molecule has 1 aromatic heterocycles. The molecule has 7 heteroatoms. The average Bonchev–Trinajstić information content (AvgIpc) is 2.60. The van der Waals surface area contributed by atoms with Crippen molar-refractivity contribution in [2.24, 2.45) is 5.92 Å². The van der Waals surface area contributed by atoms with Crippen LogP contribution < -0.4 is 10.2 Å². The Bertz CT molecular complexity index is 743. The number of rotatable bonds is 5. The van der Waals surface area contributed by atoms with E-state index in [0.29, 0.717) is 24.1 Å². The minimum atomic E-state index is -0.412. The molecule has 0 unspecified atom stereocenters. The maximum Gasteiger partial charge on any atom is 0.332 e. The van der Waals surface area contributed by atoms with Crippen molar-refractivity contribution >= 4 is 17.5 Å². The molecule has 1 fully saturated rings. The molecule has 0 saturated carbocycles. The predicted octanol–water partition coefficient (Wildman–Crippen LogP) is 3.54. The Morgan fingerprint density at radius 1 is 1.24 bits per heavy atom. The number of nitrogens with one attached hydrogen (secondary N) is 1. The van der Waals surface area contributed by atoms with E-state index in [1.54, 1.807) is 6.92 Å². The van der Waals surface area contributed by atoms with E-state index in [1.807, 2.05) is 30.3 Å². The van der Waals surface area contributed by atoms with Crippen LogP contribution in [0.2, 0.25) is 0 Å². The van der Waals surface area contributed by atoms with Gasteiger partial charge in [-0.2, -0.15) is 4.98 Å². The fourth-order valence-corrected chi connectivity index (χ4v) is 3.03. The zero-order chi connectivity index (χ0) is 17.8. The molecule has 25 heavy (non-hydrogen) atoms. The molecule has 0 radical (unpaired) electrons. The molecule has 3 rings (SSSR count). The van der Waals surface area contributed by atoms with Gasteiger partial charge in [-0.25, -0.2) is 4.98 Å². The molecular weight excluding hydrogens is 318 g/mol. The van der Waals surface area contributed by atoms with Crippen LogP contribution in [0.25, 0.3) is 0 Å². The molecule has 2 heterocycles. The number of nitro groups is 1. The quantitative estimate of drug-likeness (QED) is 0.661. The van der Waals surface area contributed by atoms with E-state index in [0.717, 1.165) is 31.5 Å². The lowest BCUT2D eigenvalue weighted by Crippen LogP contribution is -2.34. The fraction of sp³-hybridized carbons (Fsp3) is 0.444. The van der Waals surface area contributed by atoms with Gasteiger partial charge in [-0.1, -0.05) is 37.3 Å². The van der Waals surface area contributed by atoms with Crippen LogP contribution in [0.3, 0.4) is 0 Å². The van der Waals surface area contributed by atoms with Crippen molar-refractivity contribution in [1.29, 1.82) is 0 Å². The lowest BCUT2D eigenvalue weighted by Gasteiger charge is -2.30. The van der Waals surface area contributed by atoms with Crippen molar-refractivity contribution in [1.82, 2.24) is 9.97 Å². The van der Waals surface area contributed by atoms with Crippen molar-refractivity contribution in [3.05, 3.63) is 51.7 Å². The second-order valence-electron chi connectivity index (χ2n) is 6.57. The Kier molecular flexibility index (Phi) is 5.11. The Labute approximate surface area is 147 Å². The van der Waals surface area contributed by atoms with Crippen molar-refractivity contribution in [3.8, 4) is 0 Å². The summed E-state index contributed by atoms with van der Waals surface area (Å²) in [6, 6.07) is 9.77. The van der Waals surface area contributed by atoms with Crippen LogP contribution in [0.15, 0.2) is 30.3 Å². The summed E-state index contributed by atoms with van der Waals surface area (Å²) in [4.78, 5) is 22.0. The third kappa shape index (κ3) is 4.04. The number of aryl methyl sites for hydroxylation is 1. The first-order valence-electron chi connectivity index (χ1n) is 8.60. The van der Waals surface area contributed by atoms with Crippen LogP contribution in [0, 0.1) is 23.0 Å². The van der Waals surface area contributed by atoms with Gasteiger partial charge >= 0.3 is 5.69 Å². The van der Waals surface area contributed by atoms with E-state index in [4.69, 9.17) is 0 Å². The lowest BCUT2D eigenvalue weighted by atomic mass is 10.00. The van der Waals surface area contributed by atoms with Crippen molar-refractivity contribution in [2.45, 2.75) is 33.2 Å². The molecule has 132 valence electrons. The molecule has 2 aromatic rings. The maximum atomic E-state index is 11.5. The van der Waals surface area contributed by atoms with E-state index in [2.05, 4.69) is 27.1 Å². The number of aromatic nitrogens is 2. The van der Waals surface area contributed by atoms with Gasteiger partial charge in [0.05, 0.1) is 4.92 Å². The molecule has 1 aliphatic heterocycles. The fourth-order valence-electron chi connectivity index (χ4n) is 3.03. The van der Waals surface area contributed by atoms with Gasteiger partial charge < -0.3 is 10.2 Å². The number of hydrogen-bond donors (Lipinski definition) is 1. The van der Waals surface area contributed by atoms with Crippen LogP contribution >= 0.6 is 0 Å². The van der Waals surface area contributed by atoms with Crippen molar-refractivity contribution in [2.75, 3.05) is 23.3 Å². The number of nitrogens with zero attached hydrogens (tertiary/aromatic N) is 4. The van der Waals surface area contributed by atoms with Crippen LogP contribution in [-0.2, 0) is 6.54 Å². The summed E-state index contributed by atoms with van der Waals surface area (Å²) in [5.74, 6) is 1.56. The van der Waals surface area contributed by atoms with Gasteiger partial charge in [0.25, 0.3) is 0 Å². The SMILES string of the molecule is Cc1nc(N2CCC(C)CC2)nc(NCc2ccccc2)c1[N+](=O)[O-]. The third-order valence-corrected chi connectivity index (χ3v) is 4.60. The van der Waals surface area contributed by atoms with Crippen molar-refractivity contribution in [3.63, 3.8) is 0 Å². The maximum absolute atomic E-state index is 11.5. The van der Waals surface area contributed by atoms with Gasteiger partial charge in [-0.3, -0.25) is 10.1 Å². The molecule has 0 amide bonds. The first-order chi connectivity index (χ1) is 12.0. The van der Waals surface area contributed by atoms with E-state index >= 15 is 0 Å². The highest BCUT2D eigenvalue weighted by Crippen LogP contribution is 2.29. The lowest BCUT2D eigenvalue weighted by molar-refractivity contribution is -0.385. The zero-order valence-corrected chi connectivity index (χ0v) is 14.6. The second-order valence-corrected chi connectivity index (χ2v) is 6.57. The molecule has 1 aromatic carbocycles. The highest BCUT2D eigenvalue weighted by molar-refractivity contribution is 5.61. The first-order valence-corrected chi connectivity index (χ1v) is 8.60. The minimum Gasteiger partial charge on any atom is -0.360 e. The summed E-state index contributed by atoms with van der Waals surface area (Å²) in [5, 5.41) is 14.6. The molecule has 1 aliphatic rings. The first kappa shape index (κ1) is 17.1. The highest BCUT2D eigenvalue weighted by Gasteiger charge is 2.25.